The summed E-state index contributed by atoms with van der Waals surface area (Å²) < 4.78 is 79.0. The molecule has 34 heavy (non-hydrogen) atoms. The van der Waals surface area contributed by atoms with E-state index in [9.17, 15) is 35.6 Å². The van der Waals surface area contributed by atoms with Gasteiger partial charge in [-0.25, -0.2) is 22.3 Å². The molecule has 8 nitrogen and oxygen atoms in total. The molecule has 0 saturated carbocycles. The molecule has 2 aromatic rings. The van der Waals surface area contributed by atoms with Crippen molar-refractivity contribution < 1.29 is 35.6 Å². The molecule has 1 heterocycles. The molecule has 1 fully saturated rings. The van der Waals surface area contributed by atoms with Gasteiger partial charge in [0.1, 0.15) is 5.82 Å². The summed E-state index contributed by atoms with van der Waals surface area (Å²) in [6.45, 7) is 0.688. The molecule has 3 rings (SSSR count). The van der Waals surface area contributed by atoms with Crippen molar-refractivity contribution in [2.45, 2.75) is 17.5 Å². The Morgan fingerprint density at radius 1 is 0.941 bits per heavy atom. The van der Waals surface area contributed by atoms with Crippen molar-refractivity contribution in [3.63, 3.8) is 0 Å². The lowest BCUT2D eigenvalue weighted by atomic mass is 10.1. The minimum atomic E-state index is -4.62. The molecule has 0 aliphatic carbocycles. The molecular formula is C21H22F4N4O4S. The Hall–Kier alpha value is -3.19. The maximum Gasteiger partial charge on any atom is 0.418 e. The highest BCUT2D eigenvalue weighted by atomic mass is 32.2. The zero-order valence-corrected chi connectivity index (χ0v) is 18.6. The van der Waals surface area contributed by atoms with Crippen LogP contribution in [0.3, 0.4) is 0 Å². The van der Waals surface area contributed by atoms with Gasteiger partial charge in [-0.05, 0) is 42.8 Å². The standard InChI is InChI=1S/C21H22F4N4O4S/c22-15-6-8-16(9-7-15)34(32,33)27-20(31)29-11-3-10-28(12-13-29)14-19(30)26-18-5-2-1-4-17(18)21(23,24)25/h1-2,4-9H,3,10-14H2,(H,26,30)(H,27,31). The van der Waals surface area contributed by atoms with Crippen LogP contribution in [0, 0.1) is 5.82 Å². The number of halogens is 4. The molecular weight excluding hydrogens is 480 g/mol. The number of anilines is 1. The second-order valence-electron chi connectivity index (χ2n) is 7.57. The Morgan fingerprint density at radius 2 is 1.62 bits per heavy atom. The maximum absolute atomic E-state index is 13.1. The van der Waals surface area contributed by atoms with Gasteiger partial charge in [-0.1, -0.05) is 12.1 Å². The molecule has 184 valence electrons. The van der Waals surface area contributed by atoms with Crippen LogP contribution >= 0.6 is 0 Å². The summed E-state index contributed by atoms with van der Waals surface area (Å²) in [5, 5.41) is 2.27. The molecule has 0 radical (unpaired) electrons. The van der Waals surface area contributed by atoms with Gasteiger partial charge in [0.05, 0.1) is 22.7 Å². The van der Waals surface area contributed by atoms with Gasteiger partial charge in [-0.2, -0.15) is 13.2 Å². The van der Waals surface area contributed by atoms with Crippen LogP contribution in [0.25, 0.3) is 0 Å². The van der Waals surface area contributed by atoms with E-state index in [-0.39, 0.29) is 36.8 Å². The normalized spacial score (nSPS) is 15.5. The van der Waals surface area contributed by atoms with E-state index in [0.717, 1.165) is 36.4 Å². The Kier molecular flexibility index (Phi) is 7.77. The number of amides is 3. The molecule has 1 aliphatic heterocycles. The third kappa shape index (κ3) is 6.67. The third-order valence-electron chi connectivity index (χ3n) is 5.10. The van der Waals surface area contributed by atoms with Crippen molar-refractivity contribution in [3.05, 3.63) is 59.9 Å². The van der Waals surface area contributed by atoms with E-state index in [1.54, 1.807) is 4.90 Å². The fraction of sp³-hybridized carbons (Fsp3) is 0.333. The molecule has 3 amide bonds. The number of hydrogen-bond donors (Lipinski definition) is 2. The maximum atomic E-state index is 13.1. The first kappa shape index (κ1) is 25.4. The van der Waals surface area contributed by atoms with Gasteiger partial charge >= 0.3 is 12.2 Å². The van der Waals surface area contributed by atoms with Crippen LogP contribution in [0.4, 0.5) is 28.0 Å². The second-order valence-corrected chi connectivity index (χ2v) is 9.26. The van der Waals surface area contributed by atoms with Crippen LogP contribution in [0.15, 0.2) is 53.4 Å². The van der Waals surface area contributed by atoms with Gasteiger partial charge in [-0.15, -0.1) is 0 Å². The van der Waals surface area contributed by atoms with E-state index in [2.05, 4.69) is 5.32 Å². The molecule has 2 N–H and O–H groups in total. The number of nitrogens with one attached hydrogen (secondary N) is 2. The third-order valence-corrected chi connectivity index (χ3v) is 6.43. The van der Waals surface area contributed by atoms with Crippen molar-refractivity contribution in [3.8, 4) is 0 Å². The predicted molar refractivity (Wildman–Crippen MR) is 115 cm³/mol. The summed E-state index contributed by atoms with van der Waals surface area (Å²) in [6, 6.07) is 7.76. The summed E-state index contributed by atoms with van der Waals surface area (Å²) in [6.07, 6.45) is -4.20. The zero-order chi connectivity index (χ0) is 24.9. The van der Waals surface area contributed by atoms with Crippen molar-refractivity contribution in [2.24, 2.45) is 0 Å². The topological polar surface area (TPSA) is 98.8 Å². The van der Waals surface area contributed by atoms with Crippen molar-refractivity contribution in [2.75, 3.05) is 38.0 Å². The summed E-state index contributed by atoms with van der Waals surface area (Å²) >= 11 is 0. The van der Waals surface area contributed by atoms with E-state index < -0.39 is 39.5 Å². The van der Waals surface area contributed by atoms with Crippen molar-refractivity contribution in [1.82, 2.24) is 14.5 Å². The van der Waals surface area contributed by atoms with Gasteiger partial charge in [0.2, 0.25) is 5.91 Å². The first-order valence-corrected chi connectivity index (χ1v) is 11.7. The van der Waals surface area contributed by atoms with E-state index >= 15 is 0 Å². The number of carbonyl (C=O) groups excluding carboxylic acids is 2. The van der Waals surface area contributed by atoms with Crippen LogP contribution in [0.2, 0.25) is 0 Å². The predicted octanol–water partition coefficient (Wildman–Crippen LogP) is 2.89. The zero-order valence-electron chi connectivity index (χ0n) is 17.8. The average Bonchev–Trinajstić information content (AvgIpc) is 2.99. The van der Waals surface area contributed by atoms with Gasteiger partial charge in [0.25, 0.3) is 10.0 Å². The van der Waals surface area contributed by atoms with E-state index in [0.29, 0.717) is 13.0 Å². The SMILES string of the molecule is O=C(CN1CCCN(C(=O)NS(=O)(=O)c2ccc(F)cc2)CC1)Nc1ccccc1C(F)(F)F. The summed E-state index contributed by atoms with van der Waals surface area (Å²) in [5.41, 5.74) is -1.30. The number of benzene rings is 2. The fourth-order valence-electron chi connectivity index (χ4n) is 3.42. The highest BCUT2D eigenvalue weighted by Crippen LogP contribution is 2.34. The van der Waals surface area contributed by atoms with Gasteiger partial charge in [0.15, 0.2) is 0 Å². The monoisotopic (exact) mass is 502 g/mol. The molecule has 0 atom stereocenters. The molecule has 1 saturated heterocycles. The summed E-state index contributed by atoms with van der Waals surface area (Å²) in [7, 11) is -4.20. The Balaban J connectivity index is 1.55. The largest absolute Gasteiger partial charge is 0.418 e. The summed E-state index contributed by atoms with van der Waals surface area (Å²) in [5.74, 6) is -1.27. The van der Waals surface area contributed by atoms with Crippen LogP contribution in [0.5, 0.6) is 0 Å². The van der Waals surface area contributed by atoms with Crippen LogP contribution in [-0.2, 0) is 21.0 Å². The molecule has 0 unspecified atom stereocenters. The number of carbonyl (C=O) groups is 2. The van der Waals surface area contributed by atoms with Gasteiger partial charge < -0.3 is 10.2 Å². The number of rotatable bonds is 5. The quantitative estimate of drug-likeness (QED) is 0.613. The highest BCUT2D eigenvalue weighted by Gasteiger charge is 2.33. The van der Waals surface area contributed by atoms with Crippen LogP contribution < -0.4 is 10.0 Å². The second kappa shape index (κ2) is 10.4. The first-order chi connectivity index (χ1) is 16.0. The van der Waals surface area contributed by atoms with E-state index in [1.165, 1.54) is 17.0 Å². The smallest absolute Gasteiger partial charge is 0.324 e. The number of hydrogen-bond acceptors (Lipinski definition) is 5. The van der Waals surface area contributed by atoms with Gasteiger partial charge in [0, 0.05) is 26.2 Å². The fourth-order valence-corrected chi connectivity index (χ4v) is 4.39. The molecule has 0 spiro atoms. The number of alkyl halides is 3. The lowest BCUT2D eigenvalue weighted by Crippen LogP contribution is -2.44. The number of urea groups is 1. The first-order valence-electron chi connectivity index (χ1n) is 10.2. The van der Waals surface area contributed by atoms with Gasteiger partial charge in [-0.3, -0.25) is 9.69 Å². The van der Waals surface area contributed by atoms with Crippen molar-refractivity contribution >= 4 is 27.6 Å². The minimum Gasteiger partial charge on any atom is -0.324 e. The van der Waals surface area contributed by atoms with Crippen molar-refractivity contribution in [1.29, 1.82) is 0 Å². The molecule has 0 bridgehead atoms. The molecule has 13 heteroatoms. The molecule has 1 aliphatic rings. The summed E-state index contributed by atoms with van der Waals surface area (Å²) in [4.78, 5) is 27.5. The highest BCUT2D eigenvalue weighted by molar-refractivity contribution is 7.90. The average molecular weight is 502 g/mol. The van der Waals surface area contributed by atoms with Crippen LogP contribution in [0.1, 0.15) is 12.0 Å². The molecule has 2 aromatic carbocycles. The van der Waals surface area contributed by atoms with E-state index in [4.69, 9.17) is 0 Å². The Bertz CT molecular complexity index is 1140. The number of para-hydroxylation sites is 1. The van der Waals surface area contributed by atoms with E-state index in [1.807, 2.05) is 4.72 Å². The Morgan fingerprint density at radius 3 is 2.29 bits per heavy atom. The lowest BCUT2D eigenvalue weighted by Gasteiger charge is -2.22. The number of sulfonamides is 1. The Labute approximate surface area is 193 Å². The lowest BCUT2D eigenvalue weighted by molar-refractivity contribution is -0.137. The minimum absolute atomic E-state index is 0.0944. The number of nitrogens with zero attached hydrogens (tertiary/aromatic N) is 2. The molecule has 0 aromatic heterocycles. The van der Waals surface area contributed by atoms with Crippen LogP contribution in [-0.4, -0.2) is 62.9 Å².